The van der Waals surface area contributed by atoms with Crippen LogP contribution < -0.4 is 4.74 Å². The molecule has 0 radical (unpaired) electrons. The average Bonchev–Trinajstić information content (AvgIpc) is 2.41. The lowest BCUT2D eigenvalue weighted by atomic mass is 10.0. The van der Waals surface area contributed by atoms with Crippen molar-refractivity contribution < 1.29 is 13.9 Å². The molecule has 1 heterocycles. The number of ketones is 1. The van der Waals surface area contributed by atoms with Crippen LogP contribution in [-0.2, 0) is 6.42 Å². The van der Waals surface area contributed by atoms with E-state index in [2.05, 4.69) is 20.9 Å². The number of nitrogens with zero attached hydrogens (tertiary/aromatic N) is 1. The predicted octanol–water partition coefficient (Wildman–Crippen LogP) is 3.42. The van der Waals surface area contributed by atoms with Crippen LogP contribution in [-0.4, -0.2) is 17.9 Å². The van der Waals surface area contributed by atoms with Crippen LogP contribution in [0.2, 0.25) is 0 Å². The van der Waals surface area contributed by atoms with Crippen molar-refractivity contribution in [3.05, 3.63) is 57.9 Å². The number of rotatable bonds is 4. The van der Waals surface area contributed by atoms with Gasteiger partial charge in [0.1, 0.15) is 5.82 Å². The normalized spacial score (nSPS) is 10.3. The fourth-order valence-electron chi connectivity index (χ4n) is 1.70. The van der Waals surface area contributed by atoms with Gasteiger partial charge < -0.3 is 4.74 Å². The first-order chi connectivity index (χ1) is 9.11. The van der Waals surface area contributed by atoms with Crippen molar-refractivity contribution in [2.75, 3.05) is 7.11 Å². The number of ether oxygens (including phenoxy) is 1. The van der Waals surface area contributed by atoms with Gasteiger partial charge in [0, 0.05) is 17.1 Å². The second kappa shape index (κ2) is 5.93. The molecule has 3 nitrogen and oxygen atoms in total. The lowest BCUT2D eigenvalue weighted by molar-refractivity contribution is 0.0989. The SMILES string of the molecule is COc1ncccc1C(=O)Cc1ccc(F)cc1Br. The highest BCUT2D eigenvalue weighted by Crippen LogP contribution is 2.22. The van der Waals surface area contributed by atoms with Crippen LogP contribution in [0.5, 0.6) is 5.88 Å². The Hall–Kier alpha value is -1.75. The lowest BCUT2D eigenvalue weighted by Crippen LogP contribution is -2.07. The summed E-state index contributed by atoms with van der Waals surface area (Å²) >= 11 is 3.24. The summed E-state index contributed by atoms with van der Waals surface area (Å²) in [7, 11) is 1.47. The number of methoxy groups -OCH3 is 1. The van der Waals surface area contributed by atoms with Crippen LogP contribution >= 0.6 is 15.9 Å². The number of hydrogen-bond donors (Lipinski definition) is 0. The van der Waals surface area contributed by atoms with Gasteiger partial charge in [-0.15, -0.1) is 0 Å². The number of pyridine rings is 1. The molecule has 1 aromatic heterocycles. The highest BCUT2D eigenvalue weighted by molar-refractivity contribution is 9.10. The third kappa shape index (κ3) is 3.17. The van der Waals surface area contributed by atoms with Gasteiger partial charge in [0.25, 0.3) is 0 Å². The van der Waals surface area contributed by atoms with Crippen LogP contribution in [0.3, 0.4) is 0 Å². The number of Topliss-reactive ketones (excluding diaryl/α,β-unsaturated/α-hetero) is 1. The Bertz CT molecular complexity index is 616. The molecule has 0 unspecified atom stereocenters. The molecule has 1 aromatic carbocycles. The summed E-state index contributed by atoms with van der Waals surface area (Å²) in [5.41, 5.74) is 1.14. The van der Waals surface area contributed by atoms with Gasteiger partial charge in [-0.05, 0) is 29.8 Å². The first-order valence-electron chi connectivity index (χ1n) is 5.58. The Labute approximate surface area is 118 Å². The number of carbonyl (C=O) groups is 1. The minimum absolute atomic E-state index is 0.128. The monoisotopic (exact) mass is 323 g/mol. The van der Waals surface area contributed by atoms with E-state index in [0.29, 0.717) is 15.9 Å². The first-order valence-corrected chi connectivity index (χ1v) is 6.37. The molecule has 0 spiro atoms. The van der Waals surface area contributed by atoms with E-state index in [4.69, 9.17) is 4.74 Å². The van der Waals surface area contributed by atoms with Crippen molar-refractivity contribution in [2.45, 2.75) is 6.42 Å². The van der Waals surface area contributed by atoms with Crippen molar-refractivity contribution in [1.82, 2.24) is 4.98 Å². The number of halogens is 2. The van der Waals surface area contributed by atoms with Crippen LogP contribution in [0.25, 0.3) is 0 Å². The van der Waals surface area contributed by atoms with Crippen molar-refractivity contribution in [3.63, 3.8) is 0 Å². The summed E-state index contributed by atoms with van der Waals surface area (Å²) in [6.45, 7) is 0. The number of carbonyl (C=O) groups excluding carboxylic acids is 1. The fraction of sp³-hybridized carbons (Fsp3) is 0.143. The maximum Gasteiger partial charge on any atom is 0.224 e. The standard InChI is InChI=1S/C14H11BrFNO2/c1-19-14-11(3-2-6-17-14)13(18)7-9-4-5-10(16)8-12(9)15/h2-6,8H,7H2,1H3. The van der Waals surface area contributed by atoms with E-state index < -0.39 is 0 Å². The van der Waals surface area contributed by atoms with Crippen molar-refractivity contribution in [3.8, 4) is 5.88 Å². The minimum Gasteiger partial charge on any atom is -0.480 e. The van der Waals surface area contributed by atoms with E-state index in [0.717, 1.165) is 5.56 Å². The third-order valence-electron chi connectivity index (χ3n) is 2.63. The second-order valence-electron chi connectivity index (χ2n) is 3.90. The van der Waals surface area contributed by atoms with Gasteiger partial charge in [-0.3, -0.25) is 4.79 Å². The first kappa shape index (κ1) is 13.7. The van der Waals surface area contributed by atoms with Gasteiger partial charge in [0.05, 0.1) is 12.7 Å². The van der Waals surface area contributed by atoms with E-state index >= 15 is 0 Å². The van der Waals surface area contributed by atoms with Crippen LogP contribution in [0.15, 0.2) is 41.0 Å². The van der Waals surface area contributed by atoms with E-state index in [1.165, 1.54) is 19.2 Å². The van der Waals surface area contributed by atoms with Crippen LogP contribution in [0, 0.1) is 5.82 Å². The maximum absolute atomic E-state index is 13.0. The highest BCUT2D eigenvalue weighted by Gasteiger charge is 2.15. The molecule has 0 atom stereocenters. The lowest BCUT2D eigenvalue weighted by Gasteiger charge is -2.07. The topological polar surface area (TPSA) is 39.2 Å². The van der Waals surface area contributed by atoms with E-state index in [9.17, 15) is 9.18 Å². The Morgan fingerprint density at radius 2 is 2.21 bits per heavy atom. The summed E-state index contributed by atoms with van der Waals surface area (Å²) in [6.07, 6.45) is 1.71. The van der Waals surface area contributed by atoms with E-state index in [-0.39, 0.29) is 18.0 Å². The van der Waals surface area contributed by atoms with Crippen molar-refractivity contribution in [2.24, 2.45) is 0 Å². The zero-order chi connectivity index (χ0) is 13.8. The average molecular weight is 324 g/mol. The smallest absolute Gasteiger partial charge is 0.224 e. The zero-order valence-corrected chi connectivity index (χ0v) is 11.8. The Morgan fingerprint density at radius 1 is 1.42 bits per heavy atom. The largest absolute Gasteiger partial charge is 0.480 e. The Morgan fingerprint density at radius 3 is 2.89 bits per heavy atom. The number of benzene rings is 1. The van der Waals surface area contributed by atoms with Gasteiger partial charge in [0.15, 0.2) is 5.78 Å². The Kier molecular flexibility index (Phi) is 4.27. The molecule has 0 saturated carbocycles. The zero-order valence-electron chi connectivity index (χ0n) is 10.2. The third-order valence-corrected chi connectivity index (χ3v) is 3.37. The van der Waals surface area contributed by atoms with Gasteiger partial charge in [-0.25, -0.2) is 9.37 Å². The molecule has 0 aliphatic rings. The summed E-state index contributed by atoms with van der Waals surface area (Å²) < 4.78 is 18.6. The molecular weight excluding hydrogens is 313 g/mol. The molecule has 2 rings (SSSR count). The summed E-state index contributed by atoms with van der Waals surface area (Å²) in [4.78, 5) is 16.2. The highest BCUT2D eigenvalue weighted by atomic mass is 79.9. The van der Waals surface area contributed by atoms with E-state index in [1.54, 1.807) is 24.4 Å². The summed E-state index contributed by atoms with van der Waals surface area (Å²) in [5, 5.41) is 0. The number of aromatic nitrogens is 1. The van der Waals surface area contributed by atoms with E-state index in [1.807, 2.05) is 0 Å². The predicted molar refractivity (Wildman–Crippen MR) is 72.9 cm³/mol. The fourth-order valence-corrected chi connectivity index (χ4v) is 2.19. The van der Waals surface area contributed by atoms with Gasteiger partial charge in [-0.1, -0.05) is 22.0 Å². The Balaban J connectivity index is 2.26. The molecule has 5 heteroatoms. The number of hydrogen-bond acceptors (Lipinski definition) is 3. The second-order valence-corrected chi connectivity index (χ2v) is 4.75. The molecule has 98 valence electrons. The molecule has 19 heavy (non-hydrogen) atoms. The van der Waals surface area contributed by atoms with Crippen LogP contribution in [0.1, 0.15) is 15.9 Å². The summed E-state index contributed by atoms with van der Waals surface area (Å²) in [5.74, 6) is -0.176. The van der Waals surface area contributed by atoms with Gasteiger partial charge >= 0.3 is 0 Å². The molecule has 0 amide bonds. The molecule has 0 aliphatic carbocycles. The summed E-state index contributed by atoms with van der Waals surface area (Å²) in [6, 6.07) is 7.58. The molecular formula is C14H11BrFNO2. The molecule has 0 aliphatic heterocycles. The van der Waals surface area contributed by atoms with Crippen molar-refractivity contribution >= 4 is 21.7 Å². The molecule has 0 N–H and O–H groups in total. The molecule has 0 bridgehead atoms. The quantitative estimate of drug-likeness (QED) is 0.809. The van der Waals surface area contributed by atoms with Gasteiger partial charge in [-0.2, -0.15) is 0 Å². The molecule has 2 aromatic rings. The van der Waals surface area contributed by atoms with Crippen LogP contribution in [0.4, 0.5) is 4.39 Å². The molecule has 0 saturated heterocycles. The molecule has 0 fully saturated rings. The van der Waals surface area contributed by atoms with Crippen molar-refractivity contribution in [1.29, 1.82) is 0 Å². The maximum atomic E-state index is 13.0. The minimum atomic E-state index is -0.345. The van der Waals surface area contributed by atoms with Gasteiger partial charge in [0.2, 0.25) is 5.88 Å².